The summed E-state index contributed by atoms with van der Waals surface area (Å²) in [7, 11) is 0. The van der Waals surface area contributed by atoms with Gasteiger partial charge in [-0.2, -0.15) is 29.0 Å². The number of nitriles is 3. The van der Waals surface area contributed by atoms with E-state index in [1.807, 2.05) is 0 Å². The normalized spacial score (nSPS) is 10.2. The number of halogens is 3. The van der Waals surface area contributed by atoms with Crippen LogP contribution in [0.4, 0.5) is 18.9 Å². The van der Waals surface area contributed by atoms with Crippen molar-refractivity contribution in [2.75, 3.05) is 5.32 Å². The molecule has 2 rings (SSSR count). The number of pyridine rings is 1. The van der Waals surface area contributed by atoms with Crippen LogP contribution < -0.4 is 5.32 Å². The van der Waals surface area contributed by atoms with Gasteiger partial charge in [0.05, 0.1) is 5.56 Å². The van der Waals surface area contributed by atoms with E-state index in [-0.39, 0.29) is 11.3 Å². The summed E-state index contributed by atoms with van der Waals surface area (Å²) in [6.45, 7) is 0. The van der Waals surface area contributed by atoms with Gasteiger partial charge in [-0.15, -0.1) is 0 Å². The van der Waals surface area contributed by atoms with Crippen molar-refractivity contribution < 1.29 is 13.2 Å². The van der Waals surface area contributed by atoms with Gasteiger partial charge in [-0.05, 0) is 36.4 Å². The van der Waals surface area contributed by atoms with Gasteiger partial charge in [0.1, 0.15) is 28.9 Å². The first-order valence-electron chi connectivity index (χ1n) is 6.90. The highest BCUT2D eigenvalue weighted by molar-refractivity contribution is 7.99. The van der Waals surface area contributed by atoms with E-state index in [0.717, 1.165) is 12.3 Å². The van der Waals surface area contributed by atoms with E-state index >= 15 is 0 Å². The minimum atomic E-state index is -4.43. The Balaban J connectivity index is 2.11. The van der Waals surface area contributed by atoms with E-state index in [0.29, 0.717) is 15.6 Å². The van der Waals surface area contributed by atoms with Gasteiger partial charge < -0.3 is 5.32 Å². The number of hydrogen-bond acceptors (Lipinski definition) is 6. The number of aromatic nitrogens is 1. The Labute approximate surface area is 151 Å². The third kappa shape index (κ3) is 4.76. The molecule has 1 aromatic carbocycles. The molecule has 0 unspecified atom stereocenters. The number of benzene rings is 1. The highest BCUT2D eigenvalue weighted by Gasteiger charge is 2.30. The van der Waals surface area contributed by atoms with Crippen LogP contribution in [-0.4, -0.2) is 4.98 Å². The molecule has 0 bridgehead atoms. The molecule has 0 spiro atoms. The van der Waals surface area contributed by atoms with Crippen molar-refractivity contribution in [1.82, 2.24) is 4.98 Å². The largest absolute Gasteiger partial charge is 0.417 e. The lowest BCUT2D eigenvalue weighted by Gasteiger charge is -2.08. The van der Waals surface area contributed by atoms with Crippen LogP contribution in [0.3, 0.4) is 0 Å². The summed E-state index contributed by atoms with van der Waals surface area (Å²) in [5, 5.41) is 29.6. The zero-order chi connectivity index (χ0) is 19.2. The highest BCUT2D eigenvalue weighted by Crippen LogP contribution is 2.31. The number of allylic oxidation sites excluding steroid dienone is 2. The molecular weight excluding hydrogens is 363 g/mol. The van der Waals surface area contributed by atoms with E-state index in [1.54, 1.807) is 42.5 Å². The third-order valence-electron chi connectivity index (χ3n) is 3.00. The highest BCUT2D eigenvalue weighted by atomic mass is 32.2. The summed E-state index contributed by atoms with van der Waals surface area (Å²) in [4.78, 5) is 4.49. The molecular formula is C17H8F3N5S. The van der Waals surface area contributed by atoms with E-state index in [1.165, 1.54) is 17.8 Å². The second-order valence-electron chi connectivity index (χ2n) is 4.72. The number of alkyl halides is 3. The summed E-state index contributed by atoms with van der Waals surface area (Å²) >= 11 is 1.17. The molecule has 1 N–H and O–H groups in total. The Bertz CT molecular complexity index is 927. The van der Waals surface area contributed by atoms with Gasteiger partial charge in [0.2, 0.25) is 0 Å². The Morgan fingerprint density at radius 3 is 2.08 bits per heavy atom. The molecule has 0 radical (unpaired) electrons. The molecule has 0 aliphatic rings. The van der Waals surface area contributed by atoms with E-state index in [2.05, 4.69) is 10.3 Å². The maximum atomic E-state index is 12.5. The van der Waals surface area contributed by atoms with Crippen molar-refractivity contribution in [1.29, 1.82) is 15.8 Å². The van der Waals surface area contributed by atoms with Crippen LogP contribution in [0.2, 0.25) is 0 Å². The van der Waals surface area contributed by atoms with Gasteiger partial charge in [-0.25, -0.2) is 4.98 Å². The van der Waals surface area contributed by atoms with E-state index in [9.17, 15) is 13.2 Å². The minimum absolute atomic E-state index is 0.167. The van der Waals surface area contributed by atoms with Crippen molar-refractivity contribution in [2.45, 2.75) is 16.1 Å². The standard InChI is InChI=1S/C17H8F3N5S/c18-17(19,20)12-1-6-16(24-10-12)26-14-4-2-13(3-5-14)25-15(9-23)11(7-21)8-22/h1-6,10,25H. The fraction of sp³-hybridized carbons (Fsp3) is 0.0588. The van der Waals surface area contributed by atoms with Crippen LogP contribution >= 0.6 is 11.8 Å². The lowest BCUT2D eigenvalue weighted by atomic mass is 10.2. The number of nitrogens with one attached hydrogen (secondary N) is 1. The first-order chi connectivity index (χ1) is 12.4. The number of rotatable bonds is 4. The smallest absolute Gasteiger partial charge is 0.345 e. The van der Waals surface area contributed by atoms with Crippen molar-refractivity contribution >= 4 is 17.4 Å². The topological polar surface area (TPSA) is 96.3 Å². The van der Waals surface area contributed by atoms with Gasteiger partial charge in [0.15, 0.2) is 5.57 Å². The SMILES string of the molecule is N#CC(C#N)=C(C#N)Nc1ccc(Sc2ccc(C(F)(F)F)cn2)cc1. The van der Waals surface area contributed by atoms with Crippen molar-refractivity contribution in [3.05, 3.63) is 59.4 Å². The molecule has 5 nitrogen and oxygen atoms in total. The molecule has 0 amide bonds. The maximum Gasteiger partial charge on any atom is 0.417 e. The van der Waals surface area contributed by atoms with E-state index < -0.39 is 11.7 Å². The summed E-state index contributed by atoms with van der Waals surface area (Å²) < 4.78 is 37.5. The average molecular weight is 371 g/mol. The molecule has 0 saturated heterocycles. The Morgan fingerprint density at radius 1 is 0.962 bits per heavy atom. The van der Waals surface area contributed by atoms with Crippen LogP contribution in [-0.2, 0) is 6.18 Å². The Morgan fingerprint density at radius 2 is 1.62 bits per heavy atom. The van der Waals surface area contributed by atoms with Crippen LogP contribution in [0.25, 0.3) is 0 Å². The summed E-state index contributed by atoms with van der Waals surface area (Å²) in [5.41, 5.74) is -0.836. The van der Waals surface area contributed by atoms with Gasteiger partial charge in [-0.1, -0.05) is 11.8 Å². The van der Waals surface area contributed by atoms with Gasteiger partial charge in [0.25, 0.3) is 0 Å². The maximum absolute atomic E-state index is 12.5. The zero-order valence-corrected chi connectivity index (χ0v) is 13.7. The summed E-state index contributed by atoms with van der Waals surface area (Å²) in [5.74, 6) is 0. The lowest BCUT2D eigenvalue weighted by molar-refractivity contribution is -0.137. The first kappa shape index (κ1) is 18.9. The second kappa shape index (κ2) is 8.06. The monoisotopic (exact) mass is 371 g/mol. The second-order valence-corrected chi connectivity index (χ2v) is 5.81. The van der Waals surface area contributed by atoms with Crippen molar-refractivity contribution in [3.8, 4) is 18.2 Å². The average Bonchev–Trinajstić information content (AvgIpc) is 2.63. The molecule has 0 fully saturated rings. The summed E-state index contributed by atoms with van der Waals surface area (Å²) in [6.07, 6.45) is -3.66. The predicted octanol–water partition coefficient (Wildman–Crippen LogP) is 4.49. The van der Waals surface area contributed by atoms with Gasteiger partial charge >= 0.3 is 6.18 Å². The third-order valence-corrected chi connectivity index (χ3v) is 3.95. The van der Waals surface area contributed by atoms with Crippen LogP contribution in [0.15, 0.2) is 63.8 Å². The fourth-order valence-electron chi connectivity index (χ4n) is 1.76. The zero-order valence-electron chi connectivity index (χ0n) is 12.9. The lowest BCUT2D eigenvalue weighted by Crippen LogP contribution is -2.05. The Hall–Kier alpha value is -3.48. The van der Waals surface area contributed by atoms with Crippen LogP contribution in [0.5, 0.6) is 0 Å². The van der Waals surface area contributed by atoms with Crippen molar-refractivity contribution in [2.24, 2.45) is 0 Å². The number of anilines is 1. The fourth-order valence-corrected chi connectivity index (χ4v) is 2.52. The first-order valence-corrected chi connectivity index (χ1v) is 7.72. The molecule has 0 saturated carbocycles. The molecule has 2 aromatic rings. The molecule has 1 aromatic heterocycles. The molecule has 0 aliphatic carbocycles. The van der Waals surface area contributed by atoms with Crippen molar-refractivity contribution in [3.63, 3.8) is 0 Å². The Kier molecular flexibility index (Phi) is 5.85. The van der Waals surface area contributed by atoms with Crippen LogP contribution in [0, 0.1) is 34.0 Å². The molecule has 128 valence electrons. The molecule has 1 heterocycles. The molecule has 0 atom stereocenters. The molecule has 9 heteroatoms. The predicted molar refractivity (Wildman–Crippen MR) is 87.3 cm³/mol. The van der Waals surface area contributed by atoms with E-state index in [4.69, 9.17) is 15.8 Å². The number of nitrogens with zero attached hydrogens (tertiary/aromatic N) is 4. The molecule has 26 heavy (non-hydrogen) atoms. The minimum Gasteiger partial charge on any atom is -0.345 e. The van der Waals surface area contributed by atoms with Crippen LogP contribution in [0.1, 0.15) is 5.56 Å². The number of hydrogen-bond donors (Lipinski definition) is 1. The van der Waals surface area contributed by atoms with Gasteiger partial charge in [-0.3, -0.25) is 0 Å². The quantitative estimate of drug-likeness (QED) is 0.796. The summed E-state index contributed by atoms with van der Waals surface area (Å²) in [6, 6.07) is 13.8. The van der Waals surface area contributed by atoms with Gasteiger partial charge in [0, 0.05) is 16.8 Å². The molecule has 0 aliphatic heterocycles.